The van der Waals surface area contributed by atoms with Crippen molar-refractivity contribution >= 4 is 121 Å². The van der Waals surface area contributed by atoms with E-state index in [0.29, 0.717) is 6.54 Å². The van der Waals surface area contributed by atoms with Crippen molar-refractivity contribution in [1.82, 2.24) is 0 Å². The Morgan fingerprint density at radius 1 is 0.352 bits per heavy atom. The molecule has 3 heterocycles. The van der Waals surface area contributed by atoms with Crippen molar-refractivity contribution in [1.29, 1.82) is 0 Å². The molecule has 0 amide bonds. The average molecular weight is 1130 g/mol. The van der Waals surface area contributed by atoms with E-state index >= 15 is 0 Å². The van der Waals surface area contributed by atoms with E-state index in [0.717, 1.165) is 160 Å². The van der Waals surface area contributed by atoms with Crippen LogP contribution in [0.3, 0.4) is 0 Å². The summed E-state index contributed by atoms with van der Waals surface area (Å²) in [4.78, 5) is 4.78. The molecule has 88 heavy (non-hydrogen) atoms. The summed E-state index contributed by atoms with van der Waals surface area (Å²) in [5.74, 6) is 0. The zero-order chi connectivity index (χ0) is 58.8. The molecular formula is C83H58N2O3. The molecule has 0 saturated heterocycles. The van der Waals surface area contributed by atoms with E-state index in [1.54, 1.807) is 0 Å². The van der Waals surface area contributed by atoms with E-state index in [1.165, 1.54) is 11.1 Å². The Balaban J connectivity index is 0.926. The van der Waals surface area contributed by atoms with Gasteiger partial charge >= 0.3 is 0 Å². The van der Waals surface area contributed by atoms with Crippen molar-refractivity contribution in [3.05, 3.63) is 314 Å². The number of fused-ring (bicyclic) bond motifs is 13. The van der Waals surface area contributed by atoms with Gasteiger partial charge in [-0.1, -0.05) is 267 Å². The van der Waals surface area contributed by atoms with Gasteiger partial charge in [-0.15, -0.1) is 0 Å². The molecule has 0 aliphatic heterocycles. The number of benzene rings is 13. The van der Waals surface area contributed by atoms with Gasteiger partial charge in [0.2, 0.25) is 0 Å². The number of hydrogen-bond acceptors (Lipinski definition) is 5. The lowest BCUT2D eigenvalue weighted by atomic mass is 9.96. The summed E-state index contributed by atoms with van der Waals surface area (Å²) in [6, 6.07) is 94.9. The van der Waals surface area contributed by atoms with Crippen LogP contribution in [0.25, 0.3) is 126 Å². The lowest BCUT2D eigenvalue weighted by Crippen LogP contribution is -2.17. The molecule has 0 fully saturated rings. The predicted molar refractivity (Wildman–Crippen MR) is 371 cm³/mol. The normalized spacial score (nSPS) is 12.0. The number of allylic oxidation sites excluding steroid dienone is 4. The minimum atomic E-state index is 0.515. The fraction of sp³-hybridized carbons (Fsp3) is 0.0361. The molecule has 0 unspecified atom stereocenters. The van der Waals surface area contributed by atoms with Gasteiger partial charge in [-0.3, -0.25) is 0 Å². The van der Waals surface area contributed by atoms with Crippen molar-refractivity contribution in [3.63, 3.8) is 0 Å². The molecule has 0 aliphatic rings. The first-order valence-corrected chi connectivity index (χ1v) is 30.0. The third-order valence-electron chi connectivity index (χ3n) is 17.6. The van der Waals surface area contributed by atoms with Crippen LogP contribution in [0.4, 0.5) is 28.4 Å². The molecule has 16 aromatic rings. The van der Waals surface area contributed by atoms with Gasteiger partial charge in [0, 0.05) is 78.5 Å². The highest BCUT2D eigenvalue weighted by atomic mass is 16.3. The summed E-state index contributed by atoms with van der Waals surface area (Å²) < 4.78 is 22.0. The van der Waals surface area contributed by atoms with Crippen molar-refractivity contribution in [2.24, 2.45) is 0 Å². The maximum absolute atomic E-state index is 7.47. The second-order valence-electron chi connectivity index (χ2n) is 22.7. The number of aryl methyl sites for hydroxylation is 2. The molecular weight excluding hydrogens is 1070 g/mol. The van der Waals surface area contributed by atoms with Crippen molar-refractivity contribution in [2.75, 3.05) is 16.3 Å². The van der Waals surface area contributed by atoms with Crippen molar-refractivity contribution in [3.8, 4) is 33.4 Å². The molecule has 0 aliphatic carbocycles. The summed E-state index contributed by atoms with van der Waals surface area (Å²) in [5, 5.41) is 10.6. The first kappa shape index (κ1) is 52.2. The van der Waals surface area contributed by atoms with Crippen molar-refractivity contribution in [2.45, 2.75) is 13.8 Å². The van der Waals surface area contributed by atoms with E-state index in [2.05, 4.69) is 303 Å². The third-order valence-corrected chi connectivity index (χ3v) is 17.6. The zero-order valence-corrected chi connectivity index (χ0v) is 48.7. The van der Waals surface area contributed by atoms with Crippen LogP contribution in [0.2, 0.25) is 0 Å². The third kappa shape index (κ3) is 8.69. The Morgan fingerprint density at radius 3 is 1.39 bits per heavy atom. The zero-order valence-electron chi connectivity index (χ0n) is 48.7. The Labute approximate surface area is 509 Å². The highest BCUT2D eigenvalue weighted by molar-refractivity contribution is 6.30. The number of hydrogen-bond donors (Lipinski definition) is 0. The molecule has 5 nitrogen and oxygen atoms in total. The second-order valence-corrected chi connectivity index (χ2v) is 22.7. The standard InChI is InChI=1S/C83H58N2O3/c1-53(56-30-8-4-9-31-56)27-7-6-22-50-84(72-48-25-45-69-67-43-23-41-65(80(67)87-82(69)72)58-34-14-12-28-54(58)2)74-51-76-78(63-39-18-16-37-61(63)74)79-64-40-19-17-38-62(64)75(52-77(79)86-76)85(71-47-21-20-36-60(71)57-32-10-5-11-33-57)73-49-26-46-70-68-44-24-42-66(81(68)88-83(70)73)59-35-15-13-29-55(59)3/h4-49,51-52H,1,50H2,2-3H3/b22-6-,27-7-. The number of para-hydroxylation sites is 5. The van der Waals surface area contributed by atoms with Crippen LogP contribution in [0.1, 0.15) is 16.7 Å². The minimum Gasteiger partial charge on any atom is -0.456 e. The quantitative estimate of drug-likeness (QED) is 0.108. The van der Waals surface area contributed by atoms with Crippen LogP contribution in [-0.2, 0) is 0 Å². The molecule has 5 heteroatoms. The van der Waals surface area contributed by atoms with Gasteiger partial charge in [-0.2, -0.15) is 0 Å². The fourth-order valence-electron chi connectivity index (χ4n) is 13.5. The summed E-state index contributed by atoms with van der Waals surface area (Å²) in [5.41, 5.74) is 20.7. The summed E-state index contributed by atoms with van der Waals surface area (Å²) in [6.45, 7) is 9.22. The molecule has 0 bridgehead atoms. The summed E-state index contributed by atoms with van der Waals surface area (Å²) >= 11 is 0. The van der Waals surface area contributed by atoms with E-state index in [1.807, 2.05) is 18.2 Å². The maximum Gasteiger partial charge on any atom is 0.159 e. The number of furan rings is 3. The molecule has 0 radical (unpaired) electrons. The largest absolute Gasteiger partial charge is 0.456 e. The Bertz CT molecular complexity index is 5490. The summed E-state index contributed by atoms with van der Waals surface area (Å²) in [7, 11) is 0. The lowest BCUT2D eigenvalue weighted by Gasteiger charge is -2.29. The van der Waals surface area contributed by atoms with Gasteiger partial charge in [0.25, 0.3) is 0 Å². The van der Waals surface area contributed by atoms with Crippen LogP contribution in [0.5, 0.6) is 0 Å². The second kappa shape index (κ2) is 21.6. The van der Waals surface area contributed by atoms with Crippen LogP contribution >= 0.6 is 0 Å². The van der Waals surface area contributed by atoms with E-state index in [9.17, 15) is 0 Å². The molecule has 3 aromatic heterocycles. The van der Waals surface area contributed by atoms with E-state index in [-0.39, 0.29) is 0 Å². The topological polar surface area (TPSA) is 45.9 Å². The van der Waals surface area contributed by atoms with Gasteiger partial charge in [-0.25, -0.2) is 0 Å². The highest BCUT2D eigenvalue weighted by Gasteiger charge is 2.28. The van der Waals surface area contributed by atoms with Gasteiger partial charge in [0.05, 0.1) is 28.4 Å². The number of rotatable bonds is 13. The first-order valence-electron chi connectivity index (χ1n) is 30.0. The van der Waals surface area contributed by atoms with Crippen LogP contribution < -0.4 is 9.80 Å². The van der Waals surface area contributed by atoms with E-state index in [4.69, 9.17) is 13.3 Å². The molecule has 13 aromatic carbocycles. The average Bonchev–Trinajstić information content (AvgIpc) is 1.98. The molecule has 0 N–H and O–H groups in total. The summed E-state index contributed by atoms with van der Waals surface area (Å²) in [6.07, 6.45) is 8.47. The monoisotopic (exact) mass is 1130 g/mol. The van der Waals surface area contributed by atoms with Crippen LogP contribution in [0, 0.1) is 13.8 Å². The Morgan fingerprint density at radius 2 is 0.784 bits per heavy atom. The van der Waals surface area contributed by atoms with Gasteiger partial charge in [-0.05, 0) is 81.8 Å². The highest BCUT2D eigenvalue weighted by Crippen LogP contribution is 2.52. The van der Waals surface area contributed by atoms with E-state index < -0.39 is 0 Å². The molecule has 16 rings (SSSR count). The number of nitrogens with zero attached hydrogens (tertiary/aromatic N) is 2. The SMILES string of the molecule is C=C(/C=C\C=C/CN(c1cc2oc3cc(N(c4ccccc4-c4ccccc4)c4cccc5c4oc4c(-c6ccccc6C)cccc45)c4ccccc4c3c2c2ccccc12)c1cccc2c1oc1c(-c3ccccc3C)cccc12)c1ccccc1. The predicted octanol–water partition coefficient (Wildman–Crippen LogP) is 23.7. The van der Waals surface area contributed by atoms with Crippen LogP contribution in [0.15, 0.2) is 311 Å². The van der Waals surface area contributed by atoms with Crippen molar-refractivity contribution < 1.29 is 13.3 Å². The Kier molecular flexibility index (Phi) is 12.8. The molecule has 0 saturated carbocycles. The van der Waals surface area contributed by atoms with Gasteiger partial charge in [0.15, 0.2) is 11.2 Å². The first-order chi connectivity index (χ1) is 43.4. The fourth-order valence-corrected chi connectivity index (χ4v) is 13.5. The lowest BCUT2D eigenvalue weighted by molar-refractivity contribution is 0.667. The smallest absolute Gasteiger partial charge is 0.159 e. The number of anilines is 5. The van der Waals surface area contributed by atoms with Crippen LogP contribution in [-0.4, -0.2) is 6.54 Å². The molecule has 418 valence electrons. The minimum absolute atomic E-state index is 0.515. The Hall–Kier alpha value is -11.4. The molecule has 0 atom stereocenters. The van der Waals surface area contributed by atoms with Gasteiger partial charge in [0.1, 0.15) is 22.3 Å². The van der Waals surface area contributed by atoms with Gasteiger partial charge < -0.3 is 23.1 Å². The maximum atomic E-state index is 7.47. The molecule has 0 spiro atoms.